The fourth-order valence-corrected chi connectivity index (χ4v) is 5.15. The molecule has 3 rings (SSSR count). The highest BCUT2D eigenvalue weighted by atomic mass is 32.2. The van der Waals surface area contributed by atoms with E-state index in [-0.39, 0.29) is 0 Å². The highest BCUT2D eigenvalue weighted by Crippen LogP contribution is 2.41. The Morgan fingerprint density at radius 1 is 1.21 bits per heavy atom. The highest BCUT2D eigenvalue weighted by Gasteiger charge is 2.27. The molecule has 1 aromatic rings. The van der Waals surface area contributed by atoms with Gasteiger partial charge in [-0.3, -0.25) is 0 Å². The van der Waals surface area contributed by atoms with Crippen molar-refractivity contribution in [1.29, 1.82) is 0 Å². The summed E-state index contributed by atoms with van der Waals surface area (Å²) in [5, 5.41) is 4.34. The van der Waals surface area contributed by atoms with Gasteiger partial charge in [-0.25, -0.2) is 0 Å². The van der Waals surface area contributed by atoms with Crippen LogP contribution in [0.3, 0.4) is 0 Å². The van der Waals surface area contributed by atoms with Crippen LogP contribution < -0.4 is 5.32 Å². The largest absolute Gasteiger partial charge is 0.317 e. The standard InChI is InChI=1S/C17H25NS/c1-18-15-8-4-2-6-13(10-15)11-16-12-14-7-3-5-9-17(14)19-16/h3,5,7,9,13,15-16,18H,2,4,6,8,10-12H2,1H3. The molecule has 1 aromatic carbocycles. The first kappa shape index (κ1) is 13.5. The minimum atomic E-state index is 0.765. The first-order chi connectivity index (χ1) is 9.35. The normalized spacial score (nSPS) is 30.9. The van der Waals surface area contributed by atoms with Crippen molar-refractivity contribution < 1.29 is 0 Å². The van der Waals surface area contributed by atoms with Gasteiger partial charge in [0.1, 0.15) is 0 Å². The lowest BCUT2D eigenvalue weighted by Gasteiger charge is -2.22. The Balaban J connectivity index is 1.57. The number of nitrogens with one attached hydrogen (secondary N) is 1. The van der Waals surface area contributed by atoms with Crippen LogP contribution in [0.2, 0.25) is 0 Å². The summed E-state index contributed by atoms with van der Waals surface area (Å²) >= 11 is 2.13. The van der Waals surface area contributed by atoms with Crippen LogP contribution >= 0.6 is 11.8 Å². The molecule has 0 radical (unpaired) electrons. The van der Waals surface area contributed by atoms with Crippen molar-refractivity contribution in [1.82, 2.24) is 5.32 Å². The summed E-state index contributed by atoms with van der Waals surface area (Å²) in [5.41, 5.74) is 1.58. The van der Waals surface area contributed by atoms with Gasteiger partial charge in [0.25, 0.3) is 0 Å². The van der Waals surface area contributed by atoms with Crippen molar-refractivity contribution in [3.05, 3.63) is 29.8 Å². The lowest BCUT2D eigenvalue weighted by molar-refractivity contribution is 0.378. The molecule has 1 saturated carbocycles. The molecule has 2 aliphatic rings. The molecule has 1 fully saturated rings. The first-order valence-corrected chi connectivity index (χ1v) is 8.65. The van der Waals surface area contributed by atoms with E-state index in [4.69, 9.17) is 0 Å². The van der Waals surface area contributed by atoms with Gasteiger partial charge < -0.3 is 5.32 Å². The second-order valence-corrected chi connectivity index (χ2v) is 7.50. The van der Waals surface area contributed by atoms with Crippen LogP contribution in [0.4, 0.5) is 0 Å². The summed E-state index contributed by atoms with van der Waals surface area (Å²) in [6, 6.07) is 9.73. The third kappa shape index (κ3) is 3.35. The smallest absolute Gasteiger partial charge is 0.0138 e. The molecule has 0 bridgehead atoms. The zero-order valence-corrected chi connectivity index (χ0v) is 12.7. The van der Waals surface area contributed by atoms with Crippen LogP contribution in [0.15, 0.2) is 29.2 Å². The van der Waals surface area contributed by atoms with Crippen molar-refractivity contribution in [2.24, 2.45) is 5.92 Å². The van der Waals surface area contributed by atoms with Crippen molar-refractivity contribution in [3.63, 3.8) is 0 Å². The monoisotopic (exact) mass is 275 g/mol. The van der Waals surface area contributed by atoms with E-state index in [1.54, 1.807) is 5.56 Å². The van der Waals surface area contributed by atoms with Gasteiger partial charge in [-0.1, -0.05) is 37.5 Å². The SMILES string of the molecule is CNC1CCCCC(CC2Cc3ccccc3S2)C1. The average Bonchev–Trinajstić information content (AvgIpc) is 2.69. The van der Waals surface area contributed by atoms with E-state index in [1.807, 2.05) is 0 Å². The Morgan fingerprint density at radius 2 is 2.05 bits per heavy atom. The Hall–Kier alpha value is -0.470. The molecular weight excluding hydrogens is 250 g/mol. The highest BCUT2D eigenvalue weighted by molar-refractivity contribution is 8.00. The minimum Gasteiger partial charge on any atom is -0.317 e. The Bertz CT molecular complexity index is 392. The molecule has 0 spiro atoms. The maximum atomic E-state index is 3.51. The molecule has 1 aliphatic heterocycles. The number of fused-ring (bicyclic) bond motifs is 1. The summed E-state index contributed by atoms with van der Waals surface area (Å²) in [6.45, 7) is 0. The van der Waals surface area contributed by atoms with E-state index < -0.39 is 0 Å². The molecular formula is C17H25NS. The van der Waals surface area contributed by atoms with Crippen LogP contribution in [0, 0.1) is 5.92 Å². The first-order valence-electron chi connectivity index (χ1n) is 7.77. The fourth-order valence-electron chi connectivity index (χ4n) is 3.70. The molecule has 1 nitrogen and oxygen atoms in total. The van der Waals surface area contributed by atoms with Crippen molar-refractivity contribution in [3.8, 4) is 0 Å². The molecule has 0 aromatic heterocycles. The van der Waals surface area contributed by atoms with Crippen molar-refractivity contribution in [2.75, 3.05) is 7.05 Å². The van der Waals surface area contributed by atoms with Gasteiger partial charge in [0, 0.05) is 16.2 Å². The lowest BCUT2D eigenvalue weighted by Crippen LogP contribution is -2.27. The van der Waals surface area contributed by atoms with Crippen LogP contribution in [0.1, 0.15) is 44.1 Å². The Labute approximate surface area is 121 Å². The third-order valence-corrected chi connectivity index (χ3v) is 6.10. The maximum absolute atomic E-state index is 3.51. The minimum absolute atomic E-state index is 0.765. The topological polar surface area (TPSA) is 12.0 Å². The quantitative estimate of drug-likeness (QED) is 0.827. The molecule has 1 N–H and O–H groups in total. The van der Waals surface area contributed by atoms with Crippen molar-refractivity contribution >= 4 is 11.8 Å². The number of thioether (sulfide) groups is 1. The molecule has 0 amide bonds. The Morgan fingerprint density at radius 3 is 2.89 bits per heavy atom. The molecule has 2 heteroatoms. The molecule has 1 heterocycles. The lowest BCUT2D eigenvalue weighted by atomic mass is 9.91. The van der Waals surface area contributed by atoms with Gasteiger partial charge in [0.2, 0.25) is 0 Å². The zero-order valence-electron chi connectivity index (χ0n) is 11.9. The fraction of sp³-hybridized carbons (Fsp3) is 0.647. The van der Waals surface area contributed by atoms with Gasteiger partial charge in [-0.05, 0) is 50.3 Å². The predicted octanol–water partition coefficient (Wildman–Crippen LogP) is 4.26. The molecule has 3 atom stereocenters. The Kier molecular flexibility index (Phi) is 4.49. The van der Waals surface area contributed by atoms with Gasteiger partial charge in [-0.2, -0.15) is 0 Å². The van der Waals surface area contributed by atoms with Gasteiger partial charge in [0.05, 0.1) is 0 Å². The van der Waals surface area contributed by atoms with Gasteiger partial charge >= 0.3 is 0 Å². The second-order valence-electron chi connectivity index (χ2n) is 6.16. The summed E-state index contributed by atoms with van der Waals surface area (Å²) in [6.07, 6.45) is 9.78. The van der Waals surface area contributed by atoms with Crippen molar-refractivity contribution in [2.45, 2.75) is 61.1 Å². The van der Waals surface area contributed by atoms with E-state index in [1.165, 1.54) is 49.8 Å². The van der Waals surface area contributed by atoms with Crippen LogP contribution in [-0.2, 0) is 6.42 Å². The molecule has 1 aliphatic carbocycles. The van der Waals surface area contributed by atoms with E-state index in [2.05, 4.69) is 48.4 Å². The number of hydrogen-bond donors (Lipinski definition) is 1. The summed E-state index contributed by atoms with van der Waals surface area (Å²) in [4.78, 5) is 1.53. The van der Waals surface area contributed by atoms with Gasteiger partial charge in [0.15, 0.2) is 0 Å². The van der Waals surface area contributed by atoms with Crippen LogP contribution in [-0.4, -0.2) is 18.3 Å². The molecule has 19 heavy (non-hydrogen) atoms. The van der Waals surface area contributed by atoms with E-state index in [0.717, 1.165) is 17.2 Å². The molecule has 3 unspecified atom stereocenters. The van der Waals surface area contributed by atoms with E-state index >= 15 is 0 Å². The number of benzene rings is 1. The number of rotatable bonds is 3. The van der Waals surface area contributed by atoms with Crippen LogP contribution in [0.5, 0.6) is 0 Å². The molecule has 104 valence electrons. The predicted molar refractivity (Wildman–Crippen MR) is 83.8 cm³/mol. The zero-order chi connectivity index (χ0) is 13.1. The number of hydrogen-bond acceptors (Lipinski definition) is 2. The molecule has 0 saturated heterocycles. The van der Waals surface area contributed by atoms with Gasteiger partial charge in [-0.15, -0.1) is 11.8 Å². The maximum Gasteiger partial charge on any atom is 0.0138 e. The summed E-state index contributed by atoms with van der Waals surface area (Å²) < 4.78 is 0. The third-order valence-electron chi connectivity index (χ3n) is 4.75. The van der Waals surface area contributed by atoms with E-state index in [9.17, 15) is 0 Å². The summed E-state index contributed by atoms with van der Waals surface area (Å²) in [7, 11) is 2.13. The van der Waals surface area contributed by atoms with Crippen LogP contribution in [0.25, 0.3) is 0 Å². The van der Waals surface area contributed by atoms with E-state index in [0.29, 0.717) is 0 Å². The average molecular weight is 275 g/mol. The second kappa shape index (κ2) is 6.32. The summed E-state index contributed by atoms with van der Waals surface area (Å²) in [5.74, 6) is 0.937.